The molecule has 0 saturated heterocycles. The number of rotatable bonds is 4. The van der Waals surface area contributed by atoms with Crippen molar-refractivity contribution >= 4 is 23.4 Å². The highest BCUT2D eigenvalue weighted by Crippen LogP contribution is 2.43. The molecule has 0 N–H and O–H groups in total. The van der Waals surface area contributed by atoms with Crippen LogP contribution in [0.5, 0.6) is 5.88 Å². The van der Waals surface area contributed by atoms with E-state index in [1.165, 1.54) is 11.8 Å². The molecular formula is C19H18N4O3S. The van der Waals surface area contributed by atoms with Gasteiger partial charge in [-0.05, 0) is 30.9 Å². The van der Waals surface area contributed by atoms with Crippen molar-refractivity contribution in [2.75, 3.05) is 11.2 Å². The van der Waals surface area contributed by atoms with Crippen LogP contribution in [-0.4, -0.2) is 27.3 Å². The standard InChI is InChI=1S/C19H18N4O3S/c1-3-7-15(24)23-13-9-5-4-8-12(13)16-17(20-19(27-2)22-21-16)26-18(23)14-10-6-11-25-14/h4-6,8-11,18H,3,7H2,1-2H3. The second kappa shape index (κ2) is 7.40. The predicted molar refractivity (Wildman–Crippen MR) is 102 cm³/mol. The lowest BCUT2D eigenvalue weighted by molar-refractivity contribution is -0.120. The molecule has 0 bridgehead atoms. The number of hydrogen-bond donors (Lipinski definition) is 0. The Kier molecular flexibility index (Phi) is 4.81. The third-order valence-electron chi connectivity index (χ3n) is 4.21. The molecule has 1 aromatic carbocycles. The number of ether oxygens (including phenoxy) is 1. The second-order valence-corrected chi connectivity index (χ2v) is 6.74. The van der Waals surface area contributed by atoms with Gasteiger partial charge in [-0.1, -0.05) is 36.9 Å². The largest absolute Gasteiger partial charge is 0.463 e. The van der Waals surface area contributed by atoms with Gasteiger partial charge >= 0.3 is 0 Å². The Morgan fingerprint density at radius 3 is 2.81 bits per heavy atom. The summed E-state index contributed by atoms with van der Waals surface area (Å²) in [6.45, 7) is 1.97. The average Bonchev–Trinajstić information content (AvgIpc) is 3.18. The van der Waals surface area contributed by atoms with Crippen LogP contribution in [0.25, 0.3) is 11.3 Å². The summed E-state index contributed by atoms with van der Waals surface area (Å²) in [6, 6.07) is 11.1. The summed E-state index contributed by atoms with van der Waals surface area (Å²) < 4.78 is 11.8. The Hall–Kier alpha value is -2.87. The Balaban J connectivity index is 1.95. The third kappa shape index (κ3) is 3.16. The van der Waals surface area contributed by atoms with Crippen LogP contribution in [0.3, 0.4) is 0 Å². The van der Waals surface area contributed by atoms with Crippen LogP contribution in [0.15, 0.2) is 52.2 Å². The lowest BCUT2D eigenvalue weighted by atomic mass is 10.1. The molecule has 7 nitrogen and oxygen atoms in total. The van der Waals surface area contributed by atoms with E-state index in [4.69, 9.17) is 9.15 Å². The van der Waals surface area contributed by atoms with E-state index in [1.54, 1.807) is 23.3 Å². The van der Waals surface area contributed by atoms with Crippen LogP contribution in [0, 0.1) is 0 Å². The zero-order valence-corrected chi connectivity index (χ0v) is 15.8. The number of carbonyl (C=O) groups is 1. The number of anilines is 1. The van der Waals surface area contributed by atoms with E-state index in [2.05, 4.69) is 15.2 Å². The molecule has 0 fully saturated rings. The van der Waals surface area contributed by atoms with Gasteiger partial charge in [0.2, 0.25) is 23.2 Å². The Morgan fingerprint density at radius 2 is 2.07 bits per heavy atom. The first kappa shape index (κ1) is 17.5. The second-order valence-electron chi connectivity index (χ2n) is 5.97. The third-order valence-corrected chi connectivity index (χ3v) is 4.75. The molecule has 0 spiro atoms. The minimum Gasteiger partial charge on any atom is -0.463 e. The van der Waals surface area contributed by atoms with Crippen LogP contribution in [0.4, 0.5) is 5.69 Å². The quantitative estimate of drug-likeness (QED) is 0.629. The van der Waals surface area contributed by atoms with Gasteiger partial charge < -0.3 is 9.15 Å². The zero-order chi connectivity index (χ0) is 18.8. The monoisotopic (exact) mass is 382 g/mol. The number of thioether (sulfide) groups is 1. The van der Waals surface area contributed by atoms with E-state index < -0.39 is 6.23 Å². The van der Waals surface area contributed by atoms with Crippen molar-refractivity contribution < 1.29 is 13.9 Å². The van der Waals surface area contributed by atoms with Crippen molar-refractivity contribution in [2.45, 2.75) is 31.1 Å². The molecule has 1 atom stereocenters. The fourth-order valence-electron chi connectivity index (χ4n) is 3.02. The van der Waals surface area contributed by atoms with Gasteiger partial charge in [-0.2, -0.15) is 4.98 Å². The maximum Gasteiger partial charge on any atom is 0.247 e. The van der Waals surface area contributed by atoms with E-state index in [-0.39, 0.29) is 5.91 Å². The van der Waals surface area contributed by atoms with E-state index in [0.29, 0.717) is 34.6 Å². The number of para-hydroxylation sites is 1. The molecule has 0 saturated carbocycles. The van der Waals surface area contributed by atoms with Gasteiger partial charge in [0.25, 0.3) is 0 Å². The predicted octanol–water partition coefficient (Wildman–Crippen LogP) is 4.08. The van der Waals surface area contributed by atoms with E-state index >= 15 is 0 Å². The molecule has 1 aliphatic rings. The first-order valence-electron chi connectivity index (χ1n) is 8.63. The van der Waals surface area contributed by atoms with Crippen molar-refractivity contribution in [3.63, 3.8) is 0 Å². The Bertz CT molecular complexity index is 961. The normalized spacial score (nSPS) is 15.5. The highest BCUT2D eigenvalue weighted by atomic mass is 32.2. The van der Waals surface area contributed by atoms with Crippen LogP contribution < -0.4 is 9.64 Å². The van der Waals surface area contributed by atoms with Crippen LogP contribution in [0.2, 0.25) is 0 Å². The van der Waals surface area contributed by atoms with Gasteiger partial charge in [0, 0.05) is 12.0 Å². The van der Waals surface area contributed by atoms with Crippen molar-refractivity contribution in [2.24, 2.45) is 0 Å². The van der Waals surface area contributed by atoms with Gasteiger partial charge in [-0.3, -0.25) is 9.69 Å². The molecule has 8 heteroatoms. The SMILES string of the molecule is CCCC(=O)N1c2ccccc2-c2nnc(SC)nc2OC1c1ccco1. The van der Waals surface area contributed by atoms with E-state index in [0.717, 1.165) is 12.0 Å². The van der Waals surface area contributed by atoms with Gasteiger partial charge in [0.1, 0.15) is 0 Å². The number of furan rings is 1. The summed E-state index contributed by atoms with van der Waals surface area (Å²) in [7, 11) is 0. The number of amides is 1. The van der Waals surface area contributed by atoms with Gasteiger partial charge in [-0.25, -0.2) is 0 Å². The molecule has 27 heavy (non-hydrogen) atoms. The van der Waals surface area contributed by atoms with Gasteiger partial charge in [0.15, 0.2) is 11.5 Å². The summed E-state index contributed by atoms with van der Waals surface area (Å²) in [5.41, 5.74) is 1.95. The zero-order valence-electron chi connectivity index (χ0n) is 15.0. The number of nitrogens with zero attached hydrogens (tertiary/aromatic N) is 4. The molecular weight excluding hydrogens is 364 g/mol. The maximum absolute atomic E-state index is 13.0. The van der Waals surface area contributed by atoms with Crippen LogP contribution >= 0.6 is 11.8 Å². The summed E-state index contributed by atoms with van der Waals surface area (Å²) in [5.74, 6) is 0.790. The molecule has 1 amide bonds. The lowest BCUT2D eigenvalue weighted by Crippen LogP contribution is -2.37. The molecule has 1 unspecified atom stereocenters. The number of aromatic nitrogens is 3. The van der Waals surface area contributed by atoms with E-state index in [1.807, 2.05) is 37.4 Å². The molecule has 0 radical (unpaired) electrons. The molecule has 1 aliphatic heterocycles. The highest BCUT2D eigenvalue weighted by Gasteiger charge is 2.36. The molecule has 4 rings (SSSR count). The number of fused-ring (bicyclic) bond motifs is 3. The fourth-order valence-corrected chi connectivity index (χ4v) is 3.32. The number of hydrogen-bond acceptors (Lipinski definition) is 7. The molecule has 3 heterocycles. The minimum absolute atomic E-state index is 0.0581. The molecule has 0 aliphatic carbocycles. The summed E-state index contributed by atoms with van der Waals surface area (Å²) in [5, 5.41) is 8.96. The van der Waals surface area contributed by atoms with Crippen molar-refractivity contribution in [3.05, 3.63) is 48.4 Å². The summed E-state index contributed by atoms with van der Waals surface area (Å²) in [4.78, 5) is 19.1. The van der Waals surface area contributed by atoms with Crippen LogP contribution in [0.1, 0.15) is 31.8 Å². The number of benzene rings is 1. The van der Waals surface area contributed by atoms with Crippen molar-refractivity contribution in [3.8, 4) is 17.1 Å². The first-order chi connectivity index (χ1) is 13.2. The Labute approximate surface area is 160 Å². The minimum atomic E-state index is -0.771. The first-order valence-corrected chi connectivity index (χ1v) is 9.85. The highest BCUT2D eigenvalue weighted by molar-refractivity contribution is 7.98. The Morgan fingerprint density at radius 1 is 1.22 bits per heavy atom. The molecule has 138 valence electrons. The van der Waals surface area contributed by atoms with Crippen molar-refractivity contribution in [1.82, 2.24) is 15.2 Å². The van der Waals surface area contributed by atoms with Crippen molar-refractivity contribution in [1.29, 1.82) is 0 Å². The summed E-state index contributed by atoms with van der Waals surface area (Å²) >= 11 is 1.37. The topological polar surface area (TPSA) is 81.4 Å². The number of carbonyl (C=O) groups excluding carboxylic acids is 1. The lowest BCUT2D eigenvalue weighted by Gasteiger charge is -2.29. The van der Waals surface area contributed by atoms with Gasteiger partial charge in [0.05, 0.1) is 12.0 Å². The smallest absolute Gasteiger partial charge is 0.247 e. The van der Waals surface area contributed by atoms with Crippen LogP contribution in [-0.2, 0) is 4.79 Å². The summed E-state index contributed by atoms with van der Waals surface area (Å²) in [6.07, 6.45) is 3.78. The maximum atomic E-state index is 13.0. The van der Waals surface area contributed by atoms with Gasteiger partial charge in [-0.15, -0.1) is 10.2 Å². The molecule has 3 aromatic rings. The molecule has 2 aromatic heterocycles. The van der Waals surface area contributed by atoms with E-state index in [9.17, 15) is 4.79 Å². The fraction of sp³-hybridized carbons (Fsp3) is 0.263. The average molecular weight is 382 g/mol.